The number of ether oxygens (including phenoxy) is 1. The molecule has 0 atom stereocenters. The first kappa shape index (κ1) is 22.5. The average Bonchev–Trinajstić information content (AvgIpc) is 3.06. The molecule has 2 aromatic carbocycles. The van der Waals surface area contributed by atoms with Crippen molar-refractivity contribution in [2.45, 2.75) is 13.5 Å². The molecule has 0 radical (unpaired) electrons. The number of hydrogen-bond acceptors (Lipinski definition) is 6. The lowest BCUT2D eigenvalue weighted by atomic mass is 10.1. The Bertz CT molecular complexity index is 1020. The predicted molar refractivity (Wildman–Crippen MR) is 123 cm³/mol. The number of halogens is 2. The number of hydrogen-bond donors (Lipinski definition) is 1. The van der Waals surface area contributed by atoms with Crippen LogP contribution in [0.5, 0.6) is 5.75 Å². The van der Waals surface area contributed by atoms with E-state index in [4.69, 9.17) is 9.15 Å². The van der Waals surface area contributed by atoms with Gasteiger partial charge in [-0.25, -0.2) is 4.79 Å². The van der Waals surface area contributed by atoms with Crippen molar-refractivity contribution in [2.75, 3.05) is 37.7 Å². The number of phenols is 1. The van der Waals surface area contributed by atoms with Gasteiger partial charge in [0.25, 0.3) is 0 Å². The van der Waals surface area contributed by atoms with E-state index in [0.29, 0.717) is 33.3 Å². The second kappa shape index (κ2) is 9.73. The maximum Gasteiger partial charge on any atom is 0.342 e. The molecule has 8 heteroatoms. The molecule has 160 valence electrons. The summed E-state index contributed by atoms with van der Waals surface area (Å²) in [5, 5.41) is 10.6. The van der Waals surface area contributed by atoms with Crippen LogP contribution in [0.2, 0.25) is 0 Å². The Balaban J connectivity index is 0.00000256. The van der Waals surface area contributed by atoms with Gasteiger partial charge in [0.2, 0.25) is 0 Å². The van der Waals surface area contributed by atoms with Gasteiger partial charge < -0.3 is 19.2 Å². The number of piperazine rings is 1. The molecule has 2 heterocycles. The summed E-state index contributed by atoms with van der Waals surface area (Å²) in [6.45, 7) is 6.12. The second-order valence-electron chi connectivity index (χ2n) is 7.02. The van der Waals surface area contributed by atoms with Crippen molar-refractivity contribution < 1.29 is 19.1 Å². The quantitative estimate of drug-likeness (QED) is 0.512. The van der Waals surface area contributed by atoms with Crippen LogP contribution >= 0.6 is 28.3 Å². The minimum absolute atomic E-state index is 0. The van der Waals surface area contributed by atoms with Gasteiger partial charge in [-0.1, -0.05) is 18.2 Å². The number of para-hydroxylation sites is 1. The molecule has 0 saturated carbocycles. The zero-order chi connectivity index (χ0) is 20.4. The zero-order valence-electron chi connectivity index (χ0n) is 16.6. The minimum Gasteiger partial charge on any atom is -0.507 e. The first-order valence-electron chi connectivity index (χ1n) is 9.70. The standard InChI is InChI=1S/C22H23BrN2O4.ClH/c1-2-28-22(27)21-16-12-18(26)17(23)13-19(16)29-20(21)14-24-8-10-25(11-9-24)15-6-4-3-5-7-15;/h3-7,12-13,26H,2,8-11,14H2,1H3;1H. The van der Waals surface area contributed by atoms with E-state index in [-0.39, 0.29) is 24.8 Å². The Morgan fingerprint density at radius 2 is 1.87 bits per heavy atom. The number of fused-ring (bicyclic) bond motifs is 1. The maximum atomic E-state index is 12.6. The Morgan fingerprint density at radius 3 is 2.53 bits per heavy atom. The Labute approximate surface area is 189 Å². The van der Waals surface area contributed by atoms with Crippen LogP contribution in [0.25, 0.3) is 11.0 Å². The number of esters is 1. The fourth-order valence-corrected chi connectivity index (χ4v) is 4.02. The van der Waals surface area contributed by atoms with Gasteiger partial charge in [0.15, 0.2) is 0 Å². The summed E-state index contributed by atoms with van der Waals surface area (Å²) >= 11 is 3.30. The SMILES string of the molecule is CCOC(=O)c1c(CN2CCN(c3ccccc3)CC2)oc2cc(Br)c(O)cc12.Cl. The average molecular weight is 496 g/mol. The molecule has 4 rings (SSSR count). The van der Waals surface area contributed by atoms with E-state index in [0.717, 1.165) is 26.2 Å². The van der Waals surface area contributed by atoms with Gasteiger partial charge in [0.05, 0.1) is 17.6 Å². The van der Waals surface area contributed by atoms with Crippen molar-refractivity contribution in [3.05, 3.63) is 58.3 Å². The molecule has 0 spiro atoms. The molecule has 0 bridgehead atoms. The first-order valence-corrected chi connectivity index (χ1v) is 10.5. The van der Waals surface area contributed by atoms with E-state index in [1.165, 1.54) is 5.69 Å². The van der Waals surface area contributed by atoms with Crippen LogP contribution in [0.4, 0.5) is 5.69 Å². The van der Waals surface area contributed by atoms with Gasteiger partial charge in [0, 0.05) is 37.3 Å². The summed E-state index contributed by atoms with van der Waals surface area (Å²) in [6.07, 6.45) is 0. The lowest BCUT2D eigenvalue weighted by Crippen LogP contribution is -2.46. The third-order valence-corrected chi connectivity index (χ3v) is 5.81. The highest BCUT2D eigenvalue weighted by molar-refractivity contribution is 9.10. The highest BCUT2D eigenvalue weighted by atomic mass is 79.9. The van der Waals surface area contributed by atoms with E-state index in [1.54, 1.807) is 19.1 Å². The molecule has 1 N–H and O–H groups in total. The van der Waals surface area contributed by atoms with Crippen LogP contribution in [0, 0.1) is 0 Å². The Morgan fingerprint density at radius 1 is 1.17 bits per heavy atom. The third kappa shape index (κ3) is 4.58. The molecular weight excluding hydrogens is 472 g/mol. The van der Waals surface area contributed by atoms with Gasteiger partial charge in [-0.15, -0.1) is 12.4 Å². The van der Waals surface area contributed by atoms with Crippen LogP contribution in [-0.2, 0) is 11.3 Å². The fraction of sp³-hybridized carbons (Fsp3) is 0.318. The van der Waals surface area contributed by atoms with Crippen LogP contribution in [0.1, 0.15) is 23.0 Å². The summed E-state index contributed by atoms with van der Waals surface area (Å²) in [4.78, 5) is 17.2. The van der Waals surface area contributed by atoms with Crippen molar-refractivity contribution in [3.63, 3.8) is 0 Å². The highest BCUT2D eigenvalue weighted by Gasteiger charge is 2.26. The molecular formula is C22H24BrClN2O4. The monoisotopic (exact) mass is 494 g/mol. The normalized spacial score (nSPS) is 14.5. The number of anilines is 1. The van der Waals surface area contributed by atoms with Gasteiger partial charge in [-0.05, 0) is 47.1 Å². The number of aromatic hydroxyl groups is 1. The van der Waals surface area contributed by atoms with Crippen LogP contribution in [-0.4, -0.2) is 48.8 Å². The van der Waals surface area contributed by atoms with E-state index in [1.807, 2.05) is 6.07 Å². The number of carbonyl (C=O) groups is 1. The van der Waals surface area contributed by atoms with E-state index < -0.39 is 5.97 Å². The molecule has 30 heavy (non-hydrogen) atoms. The van der Waals surface area contributed by atoms with Gasteiger partial charge in [-0.3, -0.25) is 4.90 Å². The van der Waals surface area contributed by atoms with Crippen molar-refractivity contribution >= 4 is 51.0 Å². The Hall–Kier alpha value is -2.22. The summed E-state index contributed by atoms with van der Waals surface area (Å²) < 4.78 is 11.8. The third-order valence-electron chi connectivity index (χ3n) is 5.17. The van der Waals surface area contributed by atoms with Gasteiger partial charge >= 0.3 is 5.97 Å². The maximum absolute atomic E-state index is 12.6. The second-order valence-corrected chi connectivity index (χ2v) is 7.87. The summed E-state index contributed by atoms with van der Waals surface area (Å²) in [6, 6.07) is 13.6. The fourth-order valence-electron chi connectivity index (χ4n) is 3.70. The number of furan rings is 1. The van der Waals surface area contributed by atoms with Crippen molar-refractivity contribution in [2.24, 2.45) is 0 Å². The van der Waals surface area contributed by atoms with Crippen LogP contribution < -0.4 is 4.90 Å². The number of rotatable bonds is 5. The highest BCUT2D eigenvalue weighted by Crippen LogP contribution is 2.35. The largest absolute Gasteiger partial charge is 0.507 e. The lowest BCUT2D eigenvalue weighted by molar-refractivity contribution is 0.0524. The van der Waals surface area contributed by atoms with E-state index in [2.05, 4.69) is 50.0 Å². The molecule has 3 aromatic rings. The zero-order valence-corrected chi connectivity index (χ0v) is 19.0. The van der Waals surface area contributed by atoms with Crippen LogP contribution in [0.15, 0.2) is 51.4 Å². The Kier molecular flexibility index (Phi) is 7.28. The summed E-state index contributed by atoms with van der Waals surface area (Å²) in [7, 11) is 0. The van der Waals surface area contributed by atoms with Gasteiger partial charge in [-0.2, -0.15) is 0 Å². The number of carbonyl (C=O) groups excluding carboxylic acids is 1. The molecule has 1 saturated heterocycles. The molecule has 1 fully saturated rings. The van der Waals surface area contributed by atoms with Crippen molar-refractivity contribution in [1.29, 1.82) is 0 Å². The van der Waals surface area contributed by atoms with E-state index in [9.17, 15) is 9.90 Å². The lowest BCUT2D eigenvalue weighted by Gasteiger charge is -2.35. The molecule has 1 aliphatic rings. The predicted octanol–water partition coefficient (Wildman–Crippen LogP) is 4.82. The van der Waals surface area contributed by atoms with Crippen molar-refractivity contribution in [1.82, 2.24) is 4.90 Å². The molecule has 1 aliphatic heterocycles. The number of benzene rings is 2. The topological polar surface area (TPSA) is 66.2 Å². The molecule has 6 nitrogen and oxygen atoms in total. The van der Waals surface area contributed by atoms with E-state index >= 15 is 0 Å². The molecule has 0 unspecified atom stereocenters. The van der Waals surface area contributed by atoms with Crippen molar-refractivity contribution in [3.8, 4) is 5.75 Å². The number of phenolic OH excluding ortho intramolecular Hbond substituents is 1. The smallest absolute Gasteiger partial charge is 0.342 e. The molecule has 0 amide bonds. The molecule has 1 aromatic heterocycles. The first-order chi connectivity index (χ1) is 14.1. The number of nitrogens with zero attached hydrogens (tertiary/aromatic N) is 2. The summed E-state index contributed by atoms with van der Waals surface area (Å²) in [5.74, 6) is 0.210. The summed E-state index contributed by atoms with van der Waals surface area (Å²) in [5.41, 5.74) is 2.18. The minimum atomic E-state index is -0.425. The van der Waals surface area contributed by atoms with Crippen LogP contribution in [0.3, 0.4) is 0 Å². The molecule has 0 aliphatic carbocycles. The van der Waals surface area contributed by atoms with Gasteiger partial charge in [0.1, 0.15) is 22.7 Å².